The van der Waals surface area contributed by atoms with Gasteiger partial charge < -0.3 is 4.74 Å². The molecule has 0 bridgehead atoms. The average Bonchev–Trinajstić information content (AvgIpc) is 2.29. The summed E-state index contributed by atoms with van der Waals surface area (Å²) in [5.41, 5.74) is -1.04. The second kappa shape index (κ2) is 5.97. The molecule has 18 heavy (non-hydrogen) atoms. The first-order chi connectivity index (χ1) is 8.33. The van der Waals surface area contributed by atoms with E-state index in [2.05, 4.69) is 4.36 Å². The maximum absolute atomic E-state index is 11.9. The lowest BCUT2D eigenvalue weighted by Gasteiger charge is -2.19. The Kier molecular flexibility index (Phi) is 4.86. The van der Waals surface area contributed by atoms with Crippen molar-refractivity contribution in [3.63, 3.8) is 0 Å². The summed E-state index contributed by atoms with van der Waals surface area (Å²) in [6.07, 6.45) is 0. The smallest absolute Gasteiger partial charge is 0.318 e. The van der Waals surface area contributed by atoms with Gasteiger partial charge in [-0.05, 0) is 26.0 Å². The second-order valence-electron chi connectivity index (χ2n) is 4.21. The molecule has 98 valence electrons. The first-order valence-corrected chi connectivity index (χ1v) is 6.47. The van der Waals surface area contributed by atoms with Gasteiger partial charge in [0.2, 0.25) is 0 Å². The van der Waals surface area contributed by atoms with Crippen molar-refractivity contribution in [2.45, 2.75) is 13.8 Å². The first-order valence-electron chi connectivity index (χ1n) is 5.06. The minimum atomic E-state index is -2.54. The number of rotatable bonds is 4. The number of nitrogens with zero attached hydrogens (tertiary/aromatic N) is 1. The maximum atomic E-state index is 11.9. The Labute approximate surface area is 111 Å². The van der Waals surface area contributed by atoms with E-state index < -0.39 is 21.9 Å². The van der Waals surface area contributed by atoms with Gasteiger partial charge in [0.25, 0.3) is 0 Å². The standard InChI is InChI=1S/C11H12ClNO4S/c1-11(2,7-13-18(15)16)10(14)17-9-6-4-3-5-8(9)12/h3-6H,7H2,1-2H3. The maximum Gasteiger partial charge on any atom is 0.318 e. The van der Waals surface area contributed by atoms with E-state index in [9.17, 15) is 13.2 Å². The monoisotopic (exact) mass is 289 g/mol. The largest absolute Gasteiger partial charge is 0.424 e. The highest BCUT2D eigenvalue weighted by atomic mass is 35.5. The quantitative estimate of drug-likeness (QED) is 0.630. The van der Waals surface area contributed by atoms with Crippen LogP contribution in [0.5, 0.6) is 5.75 Å². The number of para-hydroxylation sites is 1. The van der Waals surface area contributed by atoms with Crippen LogP contribution in [-0.2, 0) is 15.3 Å². The van der Waals surface area contributed by atoms with Gasteiger partial charge in [0, 0.05) is 0 Å². The molecule has 0 aliphatic rings. The van der Waals surface area contributed by atoms with Crippen LogP contribution < -0.4 is 4.74 Å². The summed E-state index contributed by atoms with van der Waals surface area (Å²) < 4.78 is 29.1. The molecule has 7 heteroatoms. The normalized spacial score (nSPS) is 10.8. The van der Waals surface area contributed by atoms with E-state index in [4.69, 9.17) is 16.3 Å². The Morgan fingerprint density at radius 3 is 2.56 bits per heavy atom. The number of hydrogen-bond acceptors (Lipinski definition) is 5. The molecule has 0 aliphatic carbocycles. The molecular formula is C11H12ClNO4S. The molecule has 0 atom stereocenters. The zero-order valence-electron chi connectivity index (χ0n) is 9.88. The van der Waals surface area contributed by atoms with Gasteiger partial charge in [-0.2, -0.15) is 12.8 Å². The summed E-state index contributed by atoms with van der Waals surface area (Å²) in [5, 5.41) is 0.311. The Morgan fingerprint density at radius 2 is 2.00 bits per heavy atom. The third-order valence-electron chi connectivity index (χ3n) is 2.16. The van der Waals surface area contributed by atoms with Crippen molar-refractivity contribution in [2.75, 3.05) is 6.54 Å². The van der Waals surface area contributed by atoms with Crippen molar-refractivity contribution < 1.29 is 17.9 Å². The minimum absolute atomic E-state index is 0.174. The van der Waals surface area contributed by atoms with Crippen LogP contribution in [-0.4, -0.2) is 20.9 Å². The zero-order chi connectivity index (χ0) is 13.8. The lowest BCUT2D eigenvalue weighted by Crippen LogP contribution is -2.31. The molecule has 1 rings (SSSR count). The van der Waals surface area contributed by atoms with Gasteiger partial charge in [-0.25, -0.2) is 0 Å². The number of carbonyl (C=O) groups excluding carboxylic acids is 1. The molecule has 1 aromatic carbocycles. The van der Waals surface area contributed by atoms with Gasteiger partial charge in [-0.1, -0.05) is 23.7 Å². The Morgan fingerprint density at radius 1 is 1.39 bits per heavy atom. The summed E-state index contributed by atoms with van der Waals surface area (Å²) in [7, 11) is -2.54. The molecule has 0 aliphatic heterocycles. The molecule has 0 aromatic heterocycles. The molecule has 0 saturated carbocycles. The van der Waals surface area contributed by atoms with Gasteiger partial charge in [0.05, 0.1) is 17.0 Å². The molecule has 1 aromatic rings. The van der Waals surface area contributed by atoms with Crippen molar-refractivity contribution >= 4 is 28.1 Å². The molecule has 0 unspecified atom stereocenters. The van der Waals surface area contributed by atoms with E-state index >= 15 is 0 Å². The molecule has 0 radical (unpaired) electrons. The fourth-order valence-electron chi connectivity index (χ4n) is 1.04. The van der Waals surface area contributed by atoms with Gasteiger partial charge in [-0.15, -0.1) is 0 Å². The molecule has 0 N–H and O–H groups in total. The highest BCUT2D eigenvalue weighted by Gasteiger charge is 2.30. The van der Waals surface area contributed by atoms with Gasteiger partial charge in [0.15, 0.2) is 0 Å². The number of carbonyl (C=O) groups is 1. The van der Waals surface area contributed by atoms with E-state index in [0.29, 0.717) is 5.02 Å². The fraction of sp³-hybridized carbons (Fsp3) is 0.364. The van der Waals surface area contributed by atoms with Crippen molar-refractivity contribution in [1.82, 2.24) is 0 Å². The van der Waals surface area contributed by atoms with Crippen molar-refractivity contribution in [2.24, 2.45) is 9.78 Å². The number of halogens is 1. The summed E-state index contributed by atoms with van der Waals surface area (Å²) >= 11 is 5.85. The molecule has 0 heterocycles. The summed E-state index contributed by atoms with van der Waals surface area (Å²) in [6, 6.07) is 6.53. The van der Waals surface area contributed by atoms with Crippen LogP contribution in [0.15, 0.2) is 28.6 Å². The van der Waals surface area contributed by atoms with Crippen LogP contribution in [0.3, 0.4) is 0 Å². The number of esters is 1. The fourth-order valence-corrected chi connectivity index (χ4v) is 1.65. The van der Waals surface area contributed by atoms with Gasteiger partial charge in [-0.3, -0.25) is 4.79 Å². The van der Waals surface area contributed by atoms with Crippen LogP contribution >= 0.6 is 11.6 Å². The highest BCUT2D eigenvalue weighted by Crippen LogP contribution is 2.26. The summed E-state index contributed by atoms with van der Waals surface area (Å²) in [5.74, 6) is -0.356. The Bertz CT molecular complexity index is 572. The SMILES string of the molecule is CC(C)(CN=S(=O)=O)C(=O)Oc1ccccc1Cl. The van der Waals surface area contributed by atoms with E-state index in [1.807, 2.05) is 0 Å². The number of benzene rings is 1. The van der Waals surface area contributed by atoms with E-state index in [1.54, 1.807) is 38.1 Å². The van der Waals surface area contributed by atoms with Gasteiger partial charge >= 0.3 is 16.5 Å². The van der Waals surface area contributed by atoms with Crippen molar-refractivity contribution in [3.8, 4) is 5.75 Å². The van der Waals surface area contributed by atoms with Crippen molar-refractivity contribution in [1.29, 1.82) is 0 Å². The predicted octanol–water partition coefficient (Wildman–Crippen LogP) is 2.33. The van der Waals surface area contributed by atoms with Crippen molar-refractivity contribution in [3.05, 3.63) is 29.3 Å². The first kappa shape index (κ1) is 14.7. The van der Waals surface area contributed by atoms with Crippen LogP contribution in [0.25, 0.3) is 0 Å². The lowest BCUT2D eigenvalue weighted by atomic mass is 9.94. The topological polar surface area (TPSA) is 72.8 Å². The van der Waals surface area contributed by atoms with E-state index in [-0.39, 0.29) is 12.3 Å². The minimum Gasteiger partial charge on any atom is -0.424 e. The summed E-state index contributed by atoms with van der Waals surface area (Å²) in [4.78, 5) is 11.9. The van der Waals surface area contributed by atoms with E-state index in [0.717, 1.165) is 0 Å². The molecular weight excluding hydrogens is 278 g/mol. The van der Waals surface area contributed by atoms with Crippen LogP contribution in [0, 0.1) is 5.41 Å². The highest BCUT2D eigenvalue weighted by molar-refractivity contribution is 7.61. The zero-order valence-corrected chi connectivity index (χ0v) is 11.5. The molecule has 5 nitrogen and oxygen atoms in total. The van der Waals surface area contributed by atoms with Crippen LogP contribution in [0.1, 0.15) is 13.8 Å². The molecule has 0 fully saturated rings. The summed E-state index contributed by atoms with van der Waals surface area (Å²) in [6.45, 7) is 2.91. The average molecular weight is 290 g/mol. The third-order valence-corrected chi connectivity index (χ3v) is 2.81. The predicted molar refractivity (Wildman–Crippen MR) is 67.1 cm³/mol. The number of ether oxygens (including phenoxy) is 1. The Hall–Kier alpha value is -1.40. The molecule has 0 saturated heterocycles. The van der Waals surface area contributed by atoms with Crippen LogP contribution in [0.4, 0.5) is 0 Å². The molecule has 0 amide bonds. The van der Waals surface area contributed by atoms with Gasteiger partial charge in [0.1, 0.15) is 5.75 Å². The third kappa shape index (κ3) is 4.12. The Balaban J connectivity index is 2.82. The lowest BCUT2D eigenvalue weighted by molar-refractivity contribution is -0.143. The van der Waals surface area contributed by atoms with Crippen LogP contribution in [0.2, 0.25) is 5.02 Å². The molecule has 0 spiro atoms. The second-order valence-corrected chi connectivity index (χ2v) is 5.31. The number of hydrogen-bond donors (Lipinski definition) is 0. The van der Waals surface area contributed by atoms with E-state index in [1.165, 1.54) is 0 Å².